The summed E-state index contributed by atoms with van der Waals surface area (Å²) in [5, 5.41) is 2.77. The predicted molar refractivity (Wildman–Crippen MR) is 90.0 cm³/mol. The Morgan fingerprint density at radius 2 is 1.91 bits per heavy atom. The smallest absolute Gasteiger partial charge is 0.244 e. The molecule has 1 N–H and O–H groups in total. The van der Waals surface area contributed by atoms with Crippen LogP contribution in [-0.4, -0.2) is 44.0 Å². The van der Waals surface area contributed by atoms with E-state index in [4.69, 9.17) is 9.47 Å². The molecular formula is C17H26N2O4. The van der Waals surface area contributed by atoms with Gasteiger partial charge in [-0.2, -0.15) is 0 Å². The standard InChI is InChI=1S/C17H26N2O4/c1-5-6-7-10-19(13(2)20)12-17(21)18-15-11-14(22-3)8-9-16(15)23-4/h8-9,11H,5-7,10,12H2,1-4H3,(H,18,21). The Labute approximate surface area is 137 Å². The lowest BCUT2D eigenvalue weighted by Crippen LogP contribution is -2.37. The zero-order valence-electron chi connectivity index (χ0n) is 14.3. The zero-order chi connectivity index (χ0) is 17.2. The van der Waals surface area contributed by atoms with Gasteiger partial charge in [-0.15, -0.1) is 0 Å². The summed E-state index contributed by atoms with van der Waals surface area (Å²) in [5.41, 5.74) is 0.522. The molecule has 0 radical (unpaired) electrons. The Morgan fingerprint density at radius 3 is 2.48 bits per heavy atom. The molecule has 0 fully saturated rings. The Balaban J connectivity index is 2.72. The van der Waals surface area contributed by atoms with Gasteiger partial charge in [0.15, 0.2) is 0 Å². The fourth-order valence-corrected chi connectivity index (χ4v) is 2.18. The van der Waals surface area contributed by atoms with Crippen LogP contribution in [0.2, 0.25) is 0 Å². The summed E-state index contributed by atoms with van der Waals surface area (Å²) in [4.78, 5) is 25.4. The lowest BCUT2D eigenvalue weighted by Gasteiger charge is -2.21. The number of benzene rings is 1. The largest absolute Gasteiger partial charge is 0.497 e. The van der Waals surface area contributed by atoms with E-state index in [2.05, 4.69) is 12.2 Å². The van der Waals surface area contributed by atoms with Crippen LogP contribution in [-0.2, 0) is 9.59 Å². The summed E-state index contributed by atoms with van der Waals surface area (Å²) >= 11 is 0. The minimum atomic E-state index is -0.261. The first-order chi connectivity index (χ1) is 11.0. The third-order valence-corrected chi connectivity index (χ3v) is 3.49. The SMILES string of the molecule is CCCCCN(CC(=O)Nc1cc(OC)ccc1OC)C(C)=O. The first kappa shape index (κ1) is 18.8. The van der Waals surface area contributed by atoms with Gasteiger partial charge in [-0.25, -0.2) is 0 Å². The fraction of sp³-hybridized carbons (Fsp3) is 0.529. The lowest BCUT2D eigenvalue weighted by molar-refractivity contribution is -0.132. The topological polar surface area (TPSA) is 67.9 Å². The second kappa shape index (κ2) is 9.71. The molecule has 0 aromatic heterocycles. The Kier molecular flexibility index (Phi) is 7.94. The summed E-state index contributed by atoms with van der Waals surface area (Å²) in [6, 6.07) is 5.16. The molecule has 0 atom stereocenters. The van der Waals surface area contributed by atoms with E-state index in [1.807, 2.05) is 0 Å². The number of rotatable bonds is 9. The Bertz CT molecular complexity index is 531. The molecule has 6 nitrogen and oxygen atoms in total. The van der Waals surface area contributed by atoms with E-state index in [0.717, 1.165) is 19.3 Å². The quantitative estimate of drug-likeness (QED) is 0.710. The molecule has 0 aliphatic heterocycles. The van der Waals surface area contributed by atoms with E-state index in [9.17, 15) is 9.59 Å². The third kappa shape index (κ3) is 6.18. The zero-order valence-corrected chi connectivity index (χ0v) is 14.3. The first-order valence-electron chi connectivity index (χ1n) is 7.79. The number of anilines is 1. The highest BCUT2D eigenvalue weighted by atomic mass is 16.5. The van der Waals surface area contributed by atoms with Crippen LogP contribution in [0, 0.1) is 0 Å². The van der Waals surface area contributed by atoms with Crippen molar-refractivity contribution < 1.29 is 19.1 Å². The van der Waals surface area contributed by atoms with Crippen molar-refractivity contribution in [3.8, 4) is 11.5 Å². The average Bonchev–Trinajstić information content (AvgIpc) is 2.53. The van der Waals surface area contributed by atoms with E-state index in [0.29, 0.717) is 23.7 Å². The number of carbonyl (C=O) groups excluding carboxylic acids is 2. The van der Waals surface area contributed by atoms with Crippen molar-refractivity contribution in [2.75, 3.05) is 32.6 Å². The molecule has 0 heterocycles. The van der Waals surface area contributed by atoms with Crippen LogP contribution in [0.5, 0.6) is 11.5 Å². The van der Waals surface area contributed by atoms with E-state index in [1.54, 1.807) is 30.2 Å². The van der Waals surface area contributed by atoms with Gasteiger partial charge in [-0.1, -0.05) is 19.8 Å². The van der Waals surface area contributed by atoms with Crippen molar-refractivity contribution >= 4 is 17.5 Å². The first-order valence-corrected chi connectivity index (χ1v) is 7.79. The van der Waals surface area contributed by atoms with Crippen LogP contribution < -0.4 is 14.8 Å². The van der Waals surface area contributed by atoms with Crippen molar-refractivity contribution in [2.24, 2.45) is 0 Å². The normalized spacial score (nSPS) is 10.1. The molecule has 128 valence electrons. The van der Waals surface area contributed by atoms with E-state index in [-0.39, 0.29) is 18.4 Å². The summed E-state index contributed by atoms with van der Waals surface area (Å²) in [7, 11) is 3.09. The number of carbonyl (C=O) groups is 2. The highest BCUT2D eigenvalue weighted by Crippen LogP contribution is 2.28. The molecule has 23 heavy (non-hydrogen) atoms. The molecule has 0 saturated carbocycles. The number of unbranched alkanes of at least 4 members (excludes halogenated alkanes) is 2. The summed E-state index contributed by atoms with van der Waals surface area (Å²) in [6.45, 7) is 4.19. The third-order valence-electron chi connectivity index (χ3n) is 3.49. The molecule has 6 heteroatoms. The molecule has 2 amide bonds. The monoisotopic (exact) mass is 322 g/mol. The van der Waals surface area contributed by atoms with Crippen LogP contribution in [0.25, 0.3) is 0 Å². The van der Waals surface area contributed by atoms with Gasteiger partial charge in [0, 0.05) is 19.5 Å². The second-order valence-corrected chi connectivity index (χ2v) is 5.26. The van der Waals surface area contributed by atoms with Gasteiger partial charge >= 0.3 is 0 Å². The number of hydrogen-bond acceptors (Lipinski definition) is 4. The van der Waals surface area contributed by atoms with Gasteiger partial charge in [0.05, 0.1) is 26.5 Å². The summed E-state index contributed by atoms with van der Waals surface area (Å²) in [6.07, 6.45) is 3.00. The maximum atomic E-state index is 12.2. The number of hydrogen-bond donors (Lipinski definition) is 1. The number of nitrogens with one attached hydrogen (secondary N) is 1. The molecule has 1 rings (SSSR count). The number of nitrogens with zero attached hydrogens (tertiary/aromatic N) is 1. The van der Waals surface area contributed by atoms with Gasteiger partial charge in [-0.05, 0) is 18.6 Å². The molecule has 0 saturated heterocycles. The molecule has 0 aliphatic carbocycles. The van der Waals surface area contributed by atoms with Crippen LogP contribution >= 0.6 is 0 Å². The summed E-state index contributed by atoms with van der Waals surface area (Å²) in [5.74, 6) is 0.795. The average molecular weight is 322 g/mol. The van der Waals surface area contributed by atoms with Gasteiger partial charge in [0.1, 0.15) is 11.5 Å². The summed E-state index contributed by atoms with van der Waals surface area (Å²) < 4.78 is 10.4. The maximum absolute atomic E-state index is 12.2. The van der Waals surface area contributed by atoms with Crippen molar-refractivity contribution in [1.82, 2.24) is 4.90 Å². The van der Waals surface area contributed by atoms with Gasteiger partial charge in [0.2, 0.25) is 11.8 Å². The highest BCUT2D eigenvalue weighted by molar-refractivity contribution is 5.95. The molecule has 0 aliphatic rings. The van der Waals surface area contributed by atoms with Gasteiger partial charge in [0.25, 0.3) is 0 Å². The molecule has 0 unspecified atom stereocenters. The van der Waals surface area contributed by atoms with Crippen LogP contribution in [0.4, 0.5) is 5.69 Å². The highest BCUT2D eigenvalue weighted by Gasteiger charge is 2.15. The minimum absolute atomic E-state index is 0.0272. The van der Waals surface area contributed by atoms with Gasteiger partial charge < -0.3 is 19.7 Å². The minimum Gasteiger partial charge on any atom is -0.497 e. The van der Waals surface area contributed by atoms with E-state index >= 15 is 0 Å². The predicted octanol–water partition coefficient (Wildman–Crippen LogP) is 2.68. The van der Waals surface area contributed by atoms with E-state index < -0.39 is 0 Å². The molecule has 1 aromatic rings. The van der Waals surface area contributed by atoms with E-state index in [1.165, 1.54) is 14.0 Å². The second-order valence-electron chi connectivity index (χ2n) is 5.26. The van der Waals surface area contributed by atoms with Crippen molar-refractivity contribution in [3.05, 3.63) is 18.2 Å². The number of amides is 2. The molecule has 0 spiro atoms. The molecule has 0 bridgehead atoms. The lowest BCUT2D eigenvalue weighted by atomic mass is 10.2. The van der Waals surface area contributed by atoms with Crippen LogP contribution in [0.3, 0.4) is 0 Å². The van der Waals surface area contributed by atoms with Crippen molar-refractivity contribution in [1.29, 1.82) is 0 Å². The Hall–Kier alpha value is -2.24. The molecular weight excluding hydrogens is 296 g/mol. The van der Waals surface area contributed by atoms with Gasteiger partial charge in [-0.3, -0.25) is 9.59 Å². The van der Waals surface area contributed by atoms with Crippen molar-refractivity contribution in [2.45, 2.75) is 33.1 Å². The fourth-order valence-electron chi connectivity index (χ4n) is 2.18. The molecule has 1 aromatic carbocycles. The number of ether oxygens (including phenoxy) is 2. The number of methoxy groups -OCH3 is 2. The van der Waals surface area contributed by atoms with Crippen LogP contribution in [0.1, 0.15) is 33.1 Å². The van der Waals surface area contributed by atoms with Crippen molar-refractivity contribution in [3.63, 3.8) is 0 Å². The Morgan fingerprint density at radius 1 is 1.17 bits per heavy atom. The van der Waals surface area contributed by atoms with Crippen LogP contribution in [0.15, 0.2) is 18.2 Å². The maximum Gasteiger partial charge on any atom is 0.244 e.